The number of nitrogens with zero attached hydrogens (tertiary/aromatic N) is 1. The third-order valence-corrected chi connectivity index (χ3v) is 2.54. The van der Waals surface area contributed by atoms with E-state index >= 15 is 0 Å². The second-order valence-corrected chi connectivity index (χ2v) is 3.78. The third kappa shape index (κ3) is 2.88. The van der Waals surface area contributed by atoms with Gasteiger partial charge in [-0.25, -0.2) is 10.5 Å². The van der Waals surface area contributed by atoms with E-state index in [0.29, 0.717) is 5.56 Å². The first-order chi connectivity index (χ1) is 7.86. The minimum atomic E-state index is -0.254. The second kappa shape index (κ2) is 5.39. The average Bonchev–Trinajstić information content (AvgIpc) is 2.83. The molecule has 0 spiro atoms. The van der Waals surface area contributed by atoms with Gasteiger partial charge in [-0.1, -0.05) is 18.2 Å². The number of hydroxylamine groups is 1. The van der Waals surface area contributed by atoms with E-state index in [-0.39, 0.29) is 12.5 Å². The van der Waals surface area contributed by atoms with E-state index in [0.717, 1.165) is 5.69 Å². The van der Waals surface area contributed by atoms with Gasteiger partial charge in [0.2, 0.25) is 0 Å². The first kappa shape index (κ1) is 10.8. The molecular weight excluding hydrogens is 224 g/mol. The summed E-state index contributed by atoms with van der Waals surface area (Å²) >= 11 is 1.49. The zero-order valence-electron chi connectivity index (χ0n) is 8.42. The Balaban J connectivity index is 1.81. The van der Waals surface area contributed by atoms with Crippen molar-refractivity contribution >= 4 is 17.2 Å². The lowest BCUT2D eigenvalue weighted by Gasteiger charge is -2.03. The Labute approximate surface area is 96.9 Å². The maximum Gasteiger partial charge on any atom is 0.274 e. The number of aromatic nitrogens is 1. The molecule has 82 valence electrons. The summed E-state index contributed by atoms with van der Waals surface area (Å²) in [7, 11) is 0. The molecule has 16 heavy (non-hydrogen) atoms. The molecule has 0 radical (unpaired) electrons. The fraction of sp³-hybridized carbons (Fsp3) is 0.0909. The van der Waals surface area contributed by atoms with Crippen LogP contribution in [0, 0.1) is 0 Å². The summed E-state index contributed by atoms with van der Waals surface area (Å²) in [6.45, 7) is 0.280. The molecule has 2 aromatic rings. The van der Waals surface area contributed by atoms with Gasteiger partial charge in [-0.3, -0.25) is 9.63 Å². The van der Waals surface area contributed by atoms with Crippen molar-refractivity contribution in [3.8, 4) is 0 Å². The normalized spacial score (nSPS) is 10.0. The highest BCUT2D eigenvalue weighted by Crippen LogP contribution is 2.02. The zero-order chi connectivity index (χ0) is 11.2. The standard InChI is InChI=1S/C11H10N2O2S/c14-11(9-4-2-1-3-5-9)13-15-6-10-7-16-8-12-10/h1-5,7-8H,6H2,(H,13,14). The highest BCUT2D eigenvalue weighted by molar-refractivity contribution is 7.07. The van der Waals surface area contributed by atoms with Crippen molar-refractivity contribution in [2.45, 2.75) is 6.61 Å². The van der Waals surface area contributed by atoms with Crippen LogP contribution in [0.25, 0.3) is 0 Å². The molecule has 1 aromatic carbocycles. The van der Waals surface area contributed by atoms with E-state index < -0.39 is 0 Å². The third-order valence-electron chi connectivity index (χ3n) is 1.90. The summed E-state index contributed by atoms with van der Waals surface area (Å²) in [6.07, 6.45) is 0. The van der Waals surface area contributed by atoms with E-state index in [1.165, 1.54) is 11.3 Å². The van der Waals surface area contributed by atoms with Gasteiger partial charge in [0.15, 0.2) is 0 Å². The van der Waals surface area contributed by atoms with Crippen LogP contribution in [0.4, 0.5) is 0 Å². The van der Waals surface area contributed by atoms with Gasteiger partial charge in [-0.15, -0.1) is 11.3 Å². The summed E-state index contributed by atoms with van der Waals surface area (Å²) in [5.74, 6) is -0.254. The van der Waals surface area contributed by atoms with Gasteiger partial charge in [-0.2, -0.15) is 0 Å². The Bertz CT molecular complexity index is 442. The Morgan fingerprint density at radius 3 is 2.88 bits per heavy atom. The predicted octanol–water partition coefficient (Wildman–Crippen LogP) is 2.00. The first-order valence-corrected chi connectivity index (χ1v) is 5.65. The molecule has 0 saturated carbocycles. The lowest BCUT2D eigenvalue weighted by Crippen LogP contribution is -2.23. The molecule has 5 heteroatoms. The van der Waals surface area contributed by atoms with Crippen molar-refractivity contribution in [2.75, 3.05) is 0 Å². The molecule has 0 aliphatic heterocycles. The summed E-state index contributed by atoms with van der Waals surface area (Å²) in [5.41, 5.74) is 5.46. The molecule has 0 fully saturated rings. The van der Waals surface area contributed by atoms with Crippen LogP contribution in [0.3, 0.4) is 0 Å². The maximum absolute atomic E-state index is 11.5. The Morgan fingerprint density at radius 2 is 2.19 bits per heavy atom. The summed E-state index contributed by atoms with van der Waals surface area (Å²) < 4.78 is 0. The van der Waals surface area contributed by atoms with Gasteiger partial charge in [0, 0.05) is 10.9 Å². The number of nitrogens with one attached hydrogen (secondary N) is 1. The average molecular weight is 234 g/mol. The van der Waals surface area contributed by atoms with Crippen molar-refractivity contribution in [2.24, 2.45) is 0 Å². The predicted molar refractivity (Wildman–Crippen MR) is 60.8 cm³/mol. The van der Waals surface area contributed by atoms with Crippen LogP contribution in [0.2, 0.25) is 0 Å². The Morgan fingerprint density at radius 1 is 1.38 bits per heavy atom. The van der Waals surface area contributed by atoms with Crippen LogP contribution in [0.15, 0.2) is 41.2 Å². The zero-order valence-corrected chi connectivity index (χ0v) is 9.24. The van der Waals surface area contributed by atoms with Crippen LogP contribution < -0.4 is 5.48 Å². The van der Waals surface area contributed by atoms with Gasteiger partial charge in [0.25, 0.3) is 5.91 Å². The number of hydrogen-bond donors (Lipinski definition) is 1. The van der Waals surface area contributed by atoms with Gasteiger partial charge in [-0.05, 0) is 12.1 Å². The van der Waals surface area contributed by atoms with Gasteiger partial charge < -0.3 is 0 Å². The first-order valence-electron chi connectivity index (χ1n) is 4.70. The van der Waals surface area contributed by atoms with E-state index in [2.05, 4.69) is 10.5 Å². The number of thiazole rings is 1. The topological polar surface area (TPSA) is 51.2 Å². The lowest BCUT2D eigenvalue weighted by molar-refractivity contribution is 0.0223. The number of carbonyl (C=O) groups excluding carboxylic acids is 1. The number of carbonyl (C=O) groups is 1. The van der Waals surface area contributed by atoms with Crippen molar-refractivity contribution in [1.29, 1.82) is 0 Å². The summed E-state index contributed by atoms with van der Waals surface area (Å²) in [5, 5.41) is 1.87. The number of benzene rings is 1. The minimum absolute atomic E-state index is 0.254. The van der Waals surface area contributed by atoms with Crippen molar-refractivity contribution in [3.05, 3.63) is 52.5 Å². The van der Waals surface area contributed by atoms with Crippen LogP contribution in [0.5, 0.6) is 0 Å². The number of hydrogen-bond acceptors (Lipinski definition) is 4. The highest BCUT2D eigenvalue weighted by Gasteiger charge is 2.04. The fourth-order valence-electron chi connectivity index (χ4n) is 1.13. The Kier molecular flexibility index (Phi) is 3.63. The highest BCUT2D eigenvalue weighted by atomic mass is 32.1. The quantitative estimate of drug-likeness (QED) is 0.823. The van der Waals surface area contributed by atoms with Gasteiger partial charge in [0.05, 0.1) is 11.2 Å². The smallest absolute Gasteiger partial charge is 0.267 e. The van der Waals surface area contributed by atoms with Crippen LogP contribution in [0.1, 0.15) is 16.1 Å². The van der Waals surface area contributed by atoms with Gasteiger partial charge >= 0.3 is 0 Å². The fourth-order valence-corrected chi connectivity index (χ4v) is 1.68. The molecular formula is C11H10N2O2S. The minimum Gasteiger partial charge on any atom is -0.267 e. The maximum atomic E-state index is 11.5. The van der Waals surface area contributed by atoms with Crippen LogP contribution >= 0.6 is 11.3 Å². The number of amides is 1. The van der Waals surface area contributed by atoms with E-state index in [4.69, 9.17) is 4.84 Å². The molecule has 0 atom stereocenters. The molecule has 0 bridgehead atoms. The summed E-state index contributed by atoms with van der Waals surface area (Å²) in [6, 6.07) is 8.90. The Hall–Kier alpha value is -1.72. The molecule has 4 nitrogen and oxygen atoms in total. The molecule has 0 aliphatic carbocycles. The largest absolute Gasteiger partial charge is 0.274 e. The molecule has 1 amide bonds. The van der Waals surface area contributed by atoms with Crippen molar-refractivity contribution in [3.63, 3.8) is 0 Å². The SMILES string of the molecule is O=C(NOCc1cscn1)c1ccccc1. The van der Waals surface area contributed by atoms with Crippen molar-refractivity contribution < 1.29 is 9.63 Å². The molecule has 2 rings (SSSR count). The summed E-state index contributed by atoms with van der Waals surface area (Å²) in [4.78, 5) is 20.6. The van der Waals surface area contributed by atoms with E-state index in [9.17, 15) is 4.79 Å². The van der Waals surface area contributed by atoms with Gasteiger partial charge in [0.1, 0.15) is 6.61 Å². The molecule has 1 heterocycles. The van der Waals surface area contributed by atoms with Crippen LogP contribution in [-0.4, -0.2) is 10.9 Å². The van der Waals surface area contributed by atoms with Crippen molar-refractivity contribution in [1.82, 2.24) is 10.5 Å². The second-order valence-electron chi connectivity index (χ2n) is 3.07. The molecule has 1 aromatic heterocycles. The molecule has 1 N–H and O–H groups in total. The lowest BCUT2D eigenvalue weighted by atomic mass is 10.2. The number of rotatable bonds is 4. The van der Waals surface area contributed by atoms with E-state index in [1.807, 2.05) is 11.4 Å². The van der Waals surface area contributed by atoms with Crippen LogP contribution in [-0.2, 0) is 11.4 Å². The molecule has 0 unspecified atom stereocenters. The van der Waals surface area contributed by atoms with E-state index in [1.54, 1.807) is 29.8 Å². The monoisotopic (exact) mass is 234 g/mol. The molecule has 0 aliphatic rings. The molecule has 0 saturated heterocycles.